The highest BCUT2D eigenvalue weighted by Crippen LogP contribution is 2.29. The highest BCUT2D eigenvalue weighted by atomic mass is 16.5. The first-order valence-electron chi connectivity index (χ1n) is 6.77. The van der Waals surface area contributed by atoms with E-state index in [4.69, 9.17) is 9.47 Å². The second kappa shape index (κ2) is 8.09. The molecule has 0 saturated heterocycles. The molecule has 1 rings (SSSR count). The molecule has 5 nitrogen and oxygen atoms in total. The molecule has 0 aromatic heterocycles. The van der Waals surface area contributed by atoms with Crippen LogP contribution in [0.2, 0.25) is 0 Å². The predicted octanol–water partition coefficient (Wildman–Crippen LogP) is 1.34. The predicted molar refractivity (Wildman–Crippen MR) is 78.2 cm³/mol. The molecule has 20 heavy (non-hydrogen) atoms. The standard InChI is InChI=1S/C15H25NO4/c1-10(2)13(9-17)16-8-14(18)12-7-11(19-3)5-6-15(12)20-4/h5-7,10,13-14,16-18H,8-9H2,1-4H3/t13-,14?/m1/s1. The fourth-order valence-electron chi connectivity index (χ4n) is 1.98. The van der Waals surface area contributed by atoms with Crippen LogP contribution in [0.3, 0.4) is 0 Å². The van der Waals surface area contributed by atoms with Crippen LogP contribution in [0.5, 0.6) is 11.5 Å². The van der Waals surface area contributed by atoms with E-state index in [1.54, 1.807) is 32.4 Å². The molecule has 0 fully saturated rings. The Hall–Kier alpha value is -1.30. The largest absolute Gasteiger partial charge is 0.497 e. The summed E-state index contributed by atoms with van der Waals surface area (Å²) in [5.74, 6) is 1.58. The third-order valence-electron chi connectivity index (χ3n) is 3.37. The lowest BCUT2D eigenvalue weighted by Gasteiger charge is -2.23. The molecule has 0 heterocycles. The van der Waals surface area contributed by atoms with Gasteiger partial charge in [-0.2, -0.15) is 0 Å². The Morgan fingerprint density at radius 3 is 2.40 bits per heavy atom. The monoisotopic (exact) mass is 283 g/mol. The van der Waals surface area contributed by atoms with Crippen LogP contribution >= 0.6 is 0 Å². The number of nitrogens with one attached hydrogen (secondary N) is 1. The van der Waals surface area contributed by atoms with Gasteiger partial charge < -0.3 is 25.0 Å². The van der Waals surface area contributed by atoms with Gasteiger partial charge in [0.05, 0.1) is 26.9 Å². The SMILES string of the molecule is COc1ccc(OC)c(C(O)CN[C@H](CO)C(C)C)c1. The quantitative estimate of drug-likeness (QED) is 0.671. The van der Waals surface area contributed by atoms with Crippen molar-refractivity contribution >= 4 is 0 Å². The summed E-state index contributed by atoms with van der Waals surface area (Å²) >= 11 is 0. The molecule has 2 atom stereocenters. The topological polar surface area (TPSA) is 71.0 Å². The number of hydrogen-bond acceptors (Lipinski definition) is 5. The number of rotatable bonds is 8. The van der Waals surface area contributed by atoms with E-state index in [0.29, 0.717) is 29.5 Å². The number of aliphatic hydroxyl groups excluding tert-OH is 2. The van der Waals surface area contributed by atoms with Crippen LogP contribution in [0.25, 0.3) is 0 Å². The highest BCUT2D eigenvalue weighted by Gasteiger charge is 2.17. The van der Waals surface area contributed by atoms with Crippen molar-refractivity contribution in [3.63, 3.8) is 0 Å². The minimum absolute atomic E-state index is 0.0405. The van der Waals surface area contributed by atoms with Crippen molar-refractivity contribution in [2.24, 2.45) is 5.92 Å². The average molecular weight is 283 g/mol. The van der Waals surface area contributed by atoms with Gasteiger partial charge in [-0.05, 0) is 24.1 Å². The van der Waals surface area contributed by atoms with Crippen LogP contribution in [-0.2, 0) is 0 Å². The third-order valence-corrected chi connectivity index (χ3v) is 3.37. The van der Waals surface area contributed by atoms with Gasteiger partial charge in [-0.3, -0.25) is 0 Å². The Morgan fingerprint density at radius 1 is 1.20 bits per heavy atom. The lowest BCUT2D eigenvalue weighted by Crippen LogP contribution is -2.39. The van der Waals surface area contributed by atoms with Crippen molar-refractivity contribution < 1.29 is 19.7 Å². The number of methoxy groups -OCH3 is 2. The molecular weight excluding hydrogens is 258 g/mol. The van der Waals surface area contributed by atoms with E-state index in [1.807, 2.05) is 13.8 Å². The smallest absolute Gasteiger partial charge is 0.124 e. The Balaban J connectivity index is 2.77. The molecule has 114 valence electrons. The van der Waals surface area contributed by atoms with Crippen LogP contribution in [0.4, 0.5) is 0 Å². The molecule has 0 amide bonds. The van der Waals surface area contributed by atoms with Gasteiger partial charge in [0.1, 0.15) is 11.5 Å². The molecule has 0 aliphatic heterocycles. The summed E-state index contributed by atoms with van der Waals surface area (Å²) < 4.78 is 10.4. The van der Waals surface area contributed by atoms with Crippen LogP contribution in [0, 0.1) is 5.92 Å². The first-order chi connectivity index (χ1) is 9.53. The number of benzene rings is 1. The van der Waals surface area contributed by atoms with Gasteiger partial charge in [0.25, 0.3) is 0 Å². The first-order valence-corrected chi connectivity index (χ1v) is 6.77. The summed E-state index contributed by atoms with van der Waals surface area (Å²) in [6.07, 6.45) is -0.729. The van der Waals surface area contributed by atoms with E-state index in [2.05, 4.69) is 5.32 Å². The van der Waals surface area contributed by atoms with Gasteiger partial charge >= 0.3 is 0 Å². The van der Waals surface area contributed by atoms with Crippen molar-refractivity contribution in [3.8, 4) is 11.5 Å². The number of hydrogen-bond donors (Lipinski definition) is 3. The molecule has 0 spiro atoms. The van der Waals surface area contributed by atoms with Crippen LogP contribution in [0.15, 0.2) is 18.2 Å². The second-order valence-electron chi connectivity index (χ2n) is 5.07. The molecule has 0 saturated carbocycles. The summed E-state index contributed by atoms with van der Waals surface area (Å²) in [6.45, 7) is 4.42. The second-order valence-corrected chi connectivity index (χ2v) is 5.07. The Bertz CT molecular complexity index is 409. The van der Waals surface area contributed by atoms with E-state index in [-0.39, 0.29) is 12.6 Å². The zero-order valence-corrected chi connectivity index (χ0v) is 12.6. The van der Waals surface area contributed by atoms with Crippen LogP contribution < -0.4 is 14.8 Å². The highest BCUT2D eigenvalue weighted by molar-refractivity contribution is 5.41. The minimum Gasteiger partial charge on any atom is -0.497 e. The van der Waals surface area contributed by atoms with Gasteiger partial charge in [0, 0.05) is 18.2 Å². The van der Waals surface area contributed by atoms with Crippen molar-refractivity contribution in [1.82, 2.24) is 5.32 Å². The van der Waals surface area contributed by atoms with Gasteiger partial charge in [-0.25, -0.2) is 0 Å². The van der Waals surface area contributed by atoms with E-state index in [0.717, 1.165) is 0 Å². The van der Waals surface area contributed by atoms with Crippen molar-refractivity contribution in [2.45, 2.75) is 26.0 Å². The van der Waals surface area contributed by atoms with Crippen LogP contribution in [0.1, 0.15) is 25.5 Å². The van der Waals surface area contributed by atoms with Gasteiger partial charge in [-0.15, -0.1) is 0 Å². The van der Waals surface area contributed by atoms with Gasteiger partial charge in [0.15, 0.2) is 0 Å². The zero-order valence-electron chi connectivity index (χ0n) is 12.6. The summed E-state index contributed by atoms with van der Waals surface area (Å²) in [5, 5.41) is 22.7. The summed E-state index contributed by atoms with van der Waals surface area (Å²) in [7, 11) is 3.15. The van der Waals surface area contributed by atoms with Crippen molar-refractivity contribution in [1.29, 1.82) is 0 Å². The van der Waals surface area contributed by atoms with E-state index < -0.39 is 6.10 Å². The third kappa shape index (κ3) is 4.37. The molecule has 0 aliphatic rings. The fraction of sp³-hybridized carbons (Fsp3) is 0.600. The minimum atomic E-state index is -0.729. The summed E-state index contributed by atoms with van der Waals surface area (Å²) in [5.41, 5.74) is 0.666. The average Bonchev–Trinajstić information content (AvgIpc) is 2.46. The van der Waals surface area contributed by atoms with Crippen LogP contribution in [-0.4, -0.2) is 43.6 Å². The molecule has 0 bridgehead atoms. The Morgan fingerprint density at radius 2 is 1.90 bits per heavy atom. The molecule has 5 heteroatoms. The van der Waals surface area contributed by atoms with E-state index in [9.17, 15) is 10.2 Å². The number of aliphatic hydroxyl groups is 2. The Kier molecular flexibility index (Phi) is 6.78. The molecule has 3 N–H and O–H groups in total. The molecule has 1 aromatic rings. The molecule has 0 aliphatic carbocycles. The van der Waals surface area contributed by atoms with Gasteiger partial charge in [-0.1, -0.05) is 13.8 Å². The first kappa shape index (κ1) is 16.8. The fourth-order valence-corrected chi connectivity index (χ4v) is 1.98. The van der Waals surface area contributed by atoms with E-state index in [1.165, 1.54) is 0 Å². The summed E-state index contributed by atoms with van der Waals surface area (Å²) in [4.78, 5) is 0. The maximum absolute atomic E-state index is 10.3. The molecule has 0 radical (unpaired) electrons. The Labute approximate surface area is 120 Å². The maximum atomic E-state index is 10.3. The lowest BCUT2D eigenvalue weighted by atomic mass is 10.0. The lowest BCUT2D eigenvalue weighted by molar-refractivity contribution is 0.145. The van der Waals surface area contributed by atoms with E-state index >= 15 is 0 Å². The molecule has 1 aromatic carbocycles. The number of ether oxygens (including phenoxy) is 2. The van der Waals surface area contributed by atoms with Crippen molar-refractivity contribution in [3.05, 3.63) is 23.8 Å². The maximum Gasteiger partial charge on any atom is 0.124 e. The zero-order chi connectivity index (χ0) is 15.1. The normalized spacial score (nSPS) is 14.2. The van der Waals surface area contributed by atoms with Gasteiger partial charge in [0.2, 0.25) is 0 Å². The van der Waals surface area contributed by atoms with Crippen molar-refractivity contribution in [2.75, 3.05) is 27.4 Å². The molecular formula is C15H25NO4. The molecule has 1 unspecified atom stereocenters. The summed E-state index contributed by atoms with van der Waals surface area (Å²) in [6, 6.07) is 5.27.